The van der Waals surface area contributed by atoms with Crippen molar-refractivity contribution in [2.75, 3.05) is 13.1 Å². The van der Waals surface area contributed by atoms with Crippen molar-refractivity contribution in [2.45, 2.75) is 58.9 Å². The van der Waals surface area contributed by atoms with Crippen LogP contribution in [0.3, 0.4) is 0 Å². The van der Waals surface area contributed by atoms with E-state index in [1.54, 1.807) is 0 Å². The maximum Gasteiger partial charge on any atom is 0.159 e. The Labute approximate surface area is 169 Å². The Morgan fingerprint density at radius 2 is 1.89 bits per heavy atom. The molecular weight excluding hydrogens is 344 g/mol. The third-order valence-electron chi connectivity index (χ3n) is 6.50. The summed E-state index contributed by atoms with van der Waals surface area (Å²) in [5.41, 5.74) is 6.58. The molecule has 1 aliphatic carbocycles. The van der Waals surface area contributed by atoms with Gasteiger partial charge in [-0.3, -0.25) is 9.47 Å². The Morgan fingerprint density at radius 3 is 2.50 bits per heavy atom. The highest BCUT2D eigenvalue weighted by molar-refractivity contribution is 5.48. The lowest BCUT2D eigenvalue weighted by Crippen LogP contribution is -2.30. The van der Waals surface area contributed by atoms with E-state index >= 15 is 0 Å². The van der Waals surface area contributed by atoms with Crippen LogP contribution < -0.4 is 0 Å². The van der Waals surface area contributed by atoms with Gasteiger partial charge in [0.05, 0.1) is 11.7 Å². The van der Waals surface area contributed by atoms with Crippen LogP contribution in [0.4, 0.5) is 0 Å². The summed E-state index contributed by atoms with van der Waals surface area (Å²) in [7, 11) is 0. The van der Waals surface area contributed by atoms with E-state index in [1.165, 1.54) is 47.2 Å². The molecule has 4 rings (SSSR count). The second kappa shape index (κ2) is 8.04. The van der Waals surface area contributed by atoms with Crippen LogP contribution in [0, 0.1) is 19.8 Å². The van der Waals surface area contributed by atoms with Crippen molar-refractivity contribution < 1.29 is 0 Å². The number of nitrogens with zero attached hydrogens (tertiary/aromatic N) is 4. The Bertz CT molecular complexity index is 866. The lowest BCUT2D eigenvalue weighted by atomic mass is 9.83. The summed E-state index contributed by atoms with van der Waals surface area (Å²) in [4.78, 5) is 2.61. The van der Waals surface area contributed by atoms with Gasteiger partial charge in [-0.25, -0.2) is 0 Å². The summed E-state index contributed by atoms with van der Waals surface area (Å²) in [5.74, 6) is 1.69. The minimum Gasteiger partial charge on any atom is -0.290 e. The fourth-order valence-corrected chi connectivity index (χ4v) is 4.90. The summed E-state index contributed by atoms with van der Waals surface area (Å²) in [6, 6.07) is 6.70. The van der Waals surface area contributed by atoms with Crippen LogP contribution in [-0.2, 0) is 0 Å². The molecule has 1 unspecified atom stereocenters. The lowest BCUT2D eigenvalue weighted by molar-refractivity contribution is 0.255. The van der Waals surface area contributed by atoms with E-state index in [4.69, 9.17) is 0 Å². The Kier molecular flexibility index (Phi) is 5.49. The smallest absolute Gasteiger partial charge is 0.159 e. The number of aromatic nitrogens is 3. The second-order valence-electron chi connectivity index (χ2n) is 8.54. The van der Waals surface area contributed by atoms with Crippen LogP contribution in [-0.4, -0.2) is 32.8 Å². The molecule has 1 saturated heterocycles. The van der Waals surface area contributed by atoms with Crippen molar-refractivity contribution in [3.63, 3.8) is 0 Å². The van der Waals surface area contributed by atoms with Gasteiger partial charge < -0.3 is 0 Å². The molecule has 1 aliphatic heterocycles. The van der Waals surface area contributed by atoms with Crippen LogP contribution in [0.15, 0.2) is 48.3 Å². The van der Waals surface area contributed by atoms with Gasteiger partial charge in [0.1, 0.15) is 6.33 Å². The minimum atomic E-state index is 0.232. The van der Waals surface area contributed by atoms with Crippen molar-refractivity contribution in [1.29, 1.82) is 0 Å². The highest BCUT2D eigenvalue weighted by Gasteiger charge is 2.32. The predicted molar refractivity (Wildman–Crippen MR) is 115 cm³/mol. The molecule has 2 heterocycles. The number of para-hydroxylation sites is 1. The van der Waals surface area contributed by atoms with E-state index in [2.05, 4.69) is 71.3 Å². The van der Waals surface area contributed by atoms with E-state index in [0.717, 1.165) is 31.8 Å². The van der Waals surface area contributed by atoms with Crippen LogP contribution in [0.5, 0.6) is 0 Å². The number of likely N-dealkylation sites (tertiary alicyclic amines) is 1. The third-order valence-corrected chi connectivity index (χ3v) is 6.50. The van der Waals surface area contributed by atoms with Gasteiger partial charge in [0, 0.05) is 0 Å². The molecule has 28 heavy (non-hydrogen) atoms. The monoisotopic (exact) mass is 376 g/mol. The number of rotatable bonds is 5. The summed E-state index contributed by atoms with van der Waals surface area (Å²) in [5, 5.41) is 9.02. The van der Waals surface area contributed by atoms with Gasteiger partial charge in [-0.2, -0.15) is 0 Å². The Hall–Kier alpha value is -2.20. The molecular formula is C24H32N4. The topological polar surface area (TPSA) is 34.0 Å². The van der Waals surface area contributed by atoms with Crippen molar-refractivity contribution in [2.24, 2.45) is 5.92 Å². The lowest BCUT2D eigenvalue weighted by Gasteiger charge is -2.33. The first-order valence-corrected chi connectivity index (χ1v) is 10.6. The average Bonchev–Trinajstić information content (AvgIpc) is 3.36. The second-order valence-corrected chi connectivity index (χ2v) is 8.54. The molecule has 2 aromatic rings. The maximum absolute atomic E-state index is 4.66. The van der Waals surface area contributed by atoms with Crippen LogP contribution >= 0.6 is 0 Å². The van der Waals surface area contributed by atoms with Crippen LogP contribution in [0.25, 0.3) is 5.69 Å². The van der Waals surface area contributed by atoms with Crippen molar-refractivity contribution in [3.8, 4) is 5.69 Å². The molecule has 1 fully saturated rings. The molecule has 148 valence electrons. The molecule has 2 atom stereocenters. The molecule has 1 aromatic heterocycles. The van der Waals surface area contributed by atoms with E-state index in [-0.39, 0.29) is 6.04 Å². The molecule has 0 spiro atoms. The number of aryl methyl sites for hydroxylation is 2. The number of allylic oxidation sites excluding steroid dienone is 2. The highest BCUT2D eigenvalue weighted by atomic mass is 15.3. The number of hydrogen-bond acceptors (Lipinski definition) is 3. The molecule has 2 aliphatic rings. The van der Waals surface area contributed by atoms with E-state index in [9.17, 15) is 0 Å². The first-order valence-electron chi connectivity index (χ1n) is 10.6. The van der Waals surface area contributed by atoms with Gasteiger partial charge in [-0.1, -0.05) is 36.4 Å². The molecule has 0 N–H and O–H groups in total. The SMILES string of the molecule is C=C(C)[C@@H]1CC=C(C(c2nncn2-c2c(C)cccc2C)N2CCCC2)CC1. The van der Waals surface area contributed by atoms with E-state index in [0.29, 0.717) is 5.92 Å². The summed E-state index contributed by atoms with van der Waals surface area (Å²) < 4.78 is 2.24. The molecule has 1 aromatic carbocycles. The van der Waals surface area contributed by atoms with Gasteiger partial charge in [0.2, 0.25) is 0 Å². The number of benzene rings is 1. The maximum atomic E-state index is 4.66. The van der Waals surface area contributed by atoms with E-state index in [1.807, 2.05) is 6.33 Å². The minimum absolute atomic E-state index is 0.232. The Morgan fingerprint density at radius 1 is 1.18 bits per heavy atom. The summed E-state index contributed by atoms with van der Waals surface area (Å²) in [6.45, 7) is 13.0. The third kappa shape index (κ3) is 3.58. The van der Waals surface area contributed by atoms with Gasteiger partial charge in [0.15, 0.2) is 5.82 Å². The zero-order chi connectivity index (χ0) is 19.7. The molecule has 0 bridgehead atoms. The first kappa shape index (κ1) is 19.1. The standard InChI is InChI=1S/C24H32N4/c1-17(2)20-10-12-21(13-11-20)23(27-14-5-6-15-27)24-26-25-16-28(24)22-18(3)8-7-9-19(22)4/h7-9,12,16,20,23H,1,5-6,10-11,13-15H2,2-4H3/t20-,23?/m1/s1. The average molecular weight is 377 g/mol. The molecule has 0 saturated carbocycles. The first-order chi connectivity index (χ1) is 13.6. The van der Waals surface area contributed by atoms with Crippen molar-refractivity contribution in [1.82, 2.24) is 19.7 Å². The van der Waals surface area contributed by atoms with Crippen molar-refractivity contribution in [3.05, 3.63) is 65.3 Å². The quantitative estimate of drug-likeness (QED) is 0.662. The van der Waals surface area contributed by atoms with E-state index < -0.39 is 0 Å². The van der Waals surface area contributed by atoms with Gasteiger partial charge >= 0.3 is 0 Å². The van der Waals surface area contributed by atoms with Gasteiger partial charge in [0.25, 0.3) is 0 Å². The largest absolute Gasteiger partial charge is 0.290 e. The van der Waals surface area contributed by atoms with Crippen LogP contribution in [0.1, 0.15) is 62.0 Å². The highest BCUT2D eigenvalue weighted by Crippen LogP contribution is 2.39. The zero-order valence-corrected chi connectivity index (χ0v) is 17.5. The molecule has 0 radical (unpaired) electrons. The molecule has 0 amide bonds. The number of hydrogen-bond donors (Lipinski definition) is 0. The predicted octanol–water partition coefficient (Wildman–Crippen LogP) is 5.32. The Balaban J connectivity index is 1.76. The molecule has 4 heteroatoms. The van der Waals surface area contributed by atoms with Gasteiger partial charge in [-0.05, 0) is 88.6 Å². The summed E-state index contributed by atoms with van der Waals surface area (Å²) >= 11 is 0. The van der Waals surface area contributed by atoms with Gasteiger partial charge in [-0.15, -0.1) is 10.2 Å². The van der Waals surface area contributed by atoms with Crippen LogP contribution in [0.2, 0.25) is 0 Å². The van der Waals surface area contributed by atoms with Crippen molar-refractivity contribution >= 4 is 0 Å². The zero-order valence-electron chi connectivity index (χ0n) is 17.5. The molecule has 4 nitrogen and oxygen atoms in total. The fraction of sp³-hybridized carbons (Fsp3) is 0.500. The normalized spacial score (nSPS) is 21.5. The summed E-state index contributed by atoms with van der Waals surface area (Å²) in [6.07, 6.45) is 10.3. The fourth-order valence-electron chi connectivity index (χ4n) is 4.90.